The Morgan fingerprint density at radius 1 is 1.14 bits per heavy atom. The van der Waals surface area contributed by atoms with Gasteiger partial charge in [-0.2, -0.15) is 0 Å². The second-order valence-corrected chi connectivity index (χ2v) is 4.40. The van der Waals surface area contributed by atoms with Gasteiger partial charge in [-0.25, -0.2) is 13.2 Å². The number of nitrogens with two attached hydrogens (primary N) is 1. The van der Waals surface area contributed by atoms with Crippen molar-refractivity contribution in [1.82, 2.24) is 0 Å². The van der Waals surface area contributed by atoms with E-state index in [1.54, 1.807) is 31.2 Å². The molecule has 0 saturated carbocycles. The molecule has 110 valence electrons. The van der Waals surface area contributed by atoms with Crippen LogP contribution in [0.2, 0.25) is 0 Å². The van der Waals surface area contributed by atoms with E-state index in [0.29, 0.717) is 23.5 Å². The van der Waals surface area contributed by atoms with Gasteiger partial charge in [-0.15, -0.1) is 0 Å². The first-order valence-electron chi connectivity index (χ1n) is 6.26. The minimum Gasteiger partial charge on any atom is -0.399 e. The van der Waals surface area contributed by atoms with Gasteiger partial charge < -0.3 is 10.6 Å². The summed E-state index contributed by atoms with van der Waals surface area (Å²) in [5.41, 5.74) is 6.33. The molecule has 0 radical (unpaired) electrons. The minimum absolute atomic E-state index is 0.267. The van der Waals surface area contributed by atoms with E-state index in [4.69, 9.17) is 5.73 Å². The minimum atomic E-state index is -1.60. The molecule has 0 saturated heterocycles. The quantitative estimate of drug-likeness (QED) is 0.697. The van der Waals surface area contributed by atoms with Crippen LogP contribution in [0.4, 0.5) is 24.5 Å². The van der Waals surface area contributed by atoms with Crippen LogP contribution in [0.15, 0.2) is 36.4 Å². The molecule has 0 fully saturated rings. The Morgan fingerprint density at radius 2 is 1.76 bits per heavy atom. The molecule has 0 atom stereocenters. The highest BCUT2D eigenvalue weighted by Crippen LogP contribution is 2.21. The molecular formula is C15H13F3N2O. The largest absolute Gasteiger partial charge is 0.399 e. The van der Waals surface area contributed by atoms with Crippen LogP contribution in [0.3, 0.4) is 0 Å². The number of hydrogen-bond donors (Lipinski definition) is 1. The number of amides is 1. The molecule has 2 aromatic carbocycles. The molecule has 0 aliphatic rings. The Bertz CT molecular complexity index is 665. The summed E-state index contributed by atoms with van der Waals surface area (Å²) in [5.74, 6) is -5.04. The van der Waals surface area contributed by atoms with Gasteiger partial charge in [0.1, 0.15) is 0 Å². The number of benzene rings is 2. The van der Waals surface area contributed by atoms with Crippen LogP contribution >= 0.6 is 0 Å². The first-order chi connectivity index (χ1) is 9.93. The Kier molecular flexibility index (Phi) is 4.16. The third-order valence-corrected chi connectivity index (χ3v) is 2.97. The Morgan fingerprint density at radius 3 is 2.29 bits per heavy atom. The van der Waals surface area contributed by atoms with E-state index in [0.717, 1.165) is 0 Å². The van der Waals surface area contributed by atoms with Crippen LogP contribution in [0.5, 0.6) is 0 Å². The number of rotatable bonds is 3. The zero-order chi connectivity index (χ0) is 15.6. The van der Waals surface area contributed by atoms with Gasteiger partial charge in [0, 0.05) is 23.5 Å². The molecule has 0 unspecified atom stereocenters. The van der Waals surface area contributed by atoms with Crippen molar-refractivity contribution in [3.63, 3.8) is 0 Å². The van der Waals surface area contributed by atoms with E-state index in [1.165, 1.54) is 4.90 Å². The van der Waals surface area contributed by atoms with Crippen molar-refractivity contribution in [2.24, 2.45) is 0 Å². The zero-order valence-corrected chi connectivity index (χ0v) is 11.2. The fraction of sp³-hybridized carbons (Fsp3) is 0.133. The predicted octanol–water partition coefficient (Wildman–Crippen LogP) is 3.35. The lowest BCUT2D eigenvalue weighted by Gasteiger charge is -2.21. The fourth-order valence-electron chi connectivity index (χ4n) is 1.97. The molecule has 0 spiro atoms. The van der Waals surface area contributed by atoms with Crippen LogP contribution in [-0.2, 0) is 0 Å². The average molecular weight is 294 g/mol. The van der Waals surface area contributed by atoms with Crippen LogP contribution in [0, 0.1) is 17.5 Å². The maximum atomic E-state index is 13.2. The summed E-state index contributed by atoms with van der Waals surface area (Å²) in [7, 11) is 0. The van der Waals surface area contributed by atoms with Crippen LogP contribution in [-0.4, -0.2) is 12.5 Å². The maximum Gasteiger partial charge on any atom is 0.258 e. The number of hydrogen-bond acceptors (Lipinski definition) is 2. The highest BCUT2D eigenvalue weighted by Gasteiger charge is 2.20. The van der Waals surface area contributed by atoms with Crippen molar-refractivity contribution in [2.45, 2.75) is 6.92 Å². The van der Waals surface area contributed by atoms with Crippen molar-refractivity contribution < 1.29 is 18.0 Å². The maximum absolute atomic E-state index is 13.2. The molecular weight excluding hydrogens is 281 g/mol. The average Bonchev–Trinajstić information content (AvgIpc) is 2.45. The van der Waals surface area contributed by atoms with Gasteiger partial charge in [0.05, 0.1) is 0 Å². The molecule has 1 amide bonds. The SMILES string of the molecule is CCN(C(=O)c1cc(F)c(F)c(F)c1)c1cccc(N)c1. The lowest BCUT2D eigenvalue weighted by Crippen LogP contribution is -2.31. The first kappa shape index (κ1) is 14.9. The summed E-state index contributed by atoms with van der Waals surface area (Å²) >= 11 is 0. The number of carbonyl (C=O) groups is 1. The number of anilines is 2. The molecule has 0 aliphatic carbocycles. The molecule has 6 heteroatoms. The molecule has 2 rings (SSSR count). The highest BCUT2D eigenvalue weighted by molar-refractivity contribution is 6.06. The van der Waals surface area contributed by atoms with Gasteiger partial charge >= 0.3 is 0 Å². The Balaban J connectivity index is 2.41. The smallest absolute Gasteiger partial charge is 0.258 e. The predicted molar refractivity (Wildman–Crippen MR) is 74.5 cm³/mol. The van der Waals surface area contributed by atoms with E-state index in [-0.39, 0.29) is 12.1 Å². The van der Waals surface area contributed by atoms with E-state index in [1.807, 2.05) is 0 Å². The molecule has 0 bridgehead atoms. The Labute approximate surface area is 119 Å². The summed E-state index contributed by atoms with van der Waals surface area (Å²) in [6, 6.07) is 7.88. The molecule has 3 nitrogen and oxygen atoms in total. The lowest BCUT2D eigenvalue weighted by atomic mass is 10.1. The first-order valence-corrected chi connectivity index (χ1v) is 6.26. The second-order valence-electron chi connectivity index (χ2n) is 4.40. The molecule has 0 aliphatic heterocycles. The van der Waals surface area contributed by atoms with Gasteiger partial charge in [0.25, 0.3) is 5.91 Å². The van der Waals surface area contributed by atoms with Gasteiger partial charge in [-0.3, -0.25) is 4.79 Å². The number of halogens is 3. The summed E-state index contributed by atoms with van der Waals surface area (Å²) in [4.78, 5) is 13.6. The van der Waals surface area contributed by atoms with E-state index >= 15 is 0 Å². The number of carbonyl (C=O) groups excluding carboxylic acids is 1. The van der Waals surface area contributed by atoms with Crippen molar-refractivity contribution >= 4 is 17.3 Å². The van der Waals surface area contributed by atoms with Gasteiger partial charge in [-0.1, -0.05) is 6.07 Å². The molecule has 0 heterocycles. The summed E-state index contributed by atoms with van der Waals surface area (Å²) in [6.07, 6.45) is 0. The Hall–Kier alpha value is -2.50. The van der Waals surface area contributed by atoms with Crippen LogP contribution in [0.1, 0.15) is 17.3 Å². The molecule has 2 aromatic rings. The highest BCUT2D eigenvalue weighted by atomic mass is 19.2. The second kappa shape index (κ2) is 5.87. The fourth-order valence-corrected chi connectivity index (χ4v) is 1.97. The van der Waals surface area contributed by atoms with Crippen molar-refractivity contribution in [3.8, 4) is 0 Å². The van der Waals surface area contributed by atoms with Crippen molar-refractivity contribution in [2.75, 3.05) is 17.2 Å². The third-order valence-electron chi connectivity index (χ3n) is 2.97. The molecule has 21 heavy (non-hydrogen) atoms. The van der Waals surface area contributed by atoms with Gasteiger partial charge in [0.2, 0.25) is 0 Å². The lowest BCUT2D eigenvalue weighted by molar-refractivity contribution is 0.0987. The normalized spacial score (nSPS) is 10.5. The van der Waals surface area contributed by atoms with E-state index < -0.39 is 23.4 Å². The van der Waals surface area contributed by atoms with Crippen LogP contribution in [0.25, 0.3) is 0 Å². The van der Waals surface area contributed by atoms with Crippen molar-refractivity contribution in [1.29, 1.82) is 0 Å². The van der Waals surface area contributed by atoms with E-state index in [9.17, 15) is 18.0 Å². The number of nitrogen functional groups attached to an aromatic ring is 1. The third kappa shape index (κ3) is 2.99. The van der Waals surface area contributed by atoms with E-state index in [2.05, 4.69) is 0 Å². The molecule has 0 aromatic heterocycles. The van der Waals surface area contributed by atoms with Crippen LogP contribution < -0.4 is 10.6 Å². The zero-order valence-electron chi connectivity index (χ0n) is 11.2. The molecule has 2 N–H and O–H groups in total. The monoisotopic (exact) mass is 294 g/mol. The van der Waals surface area contributed by atoms with Gasteiger partial charge in [-0.05, 0) is 37.3 Å². The van der Waals surface area contributed by atoms with Gasteiger partial charge in [0.15, 0.2) is 17.5 Å². The number of nitrogens with zero attached hydrogens (tertiary/aromatic N) is 1. The summed E-state index contributed by atoms with van der Waals surface area (Å²) in [6.45, 7) is 1.97. The summed E-state index contributed by atoms with van der Waals surface area (Å²) < 4.78 is 39.4. The van der Waals surface area contributed by atoms with Crippen molar-refractivity contribution in [3.05, 3.63) is 59.4 Å². The summed E-state index contributed by atoms with van der Waals surface area (Å²) in [5, 5.41) is 0. The standard InChI is InChI=1S/C15H13F3N2O/c1-2-20(11-5-3-4-10(19)8-11)15(21)9-6-12(16)14(18)13(17)7-9/h3-8H,2,19H2,1H3. The topological polar surface area (TPSA) is 46.3 Å².